The zero-order valence-corrected chi connectivity index (χ0v) is 18.5. The van der Waals surface area contributed by atoms with E-state index in [-0.39, 0.29) is 6.04 Å². The summed E-state index contributed by atoms with van der Waals surface area (Å²) in [4.78, 5) is 4.94. The van der Waals surface area contributed by atoms with Crippen LogP contribution in [0.25, 0.3) is 11.5 Å². The Kier molecular flexibility index (Phi) is 6.30. The van der Waals surface area contributed by atoms with Gasteiger partial charge in [0.1, 0.15) is 6.04 Å². The maximum atomic E-state index is 6.18. The molecule has 1 aliphatic rings. The van der Waals surface area contributed by atoms with E-state index in [0.29, 0.717) is 16.8 Å². The first-order valence-electron chi connectivity index (χ1n) is 10.9. The molecular formula is C26H25ClN4O. The summed E-state index contributed by atoms with van der Waals surface area (Å²) >= 11 is 6.02. The van der Waals surface area contributed by atoms with Gasteiger partial charge in [-0.3, -0.25) is 9.80 Å². The molecule has 0 amide bonds. The fourth-order valence-electron chi connectivity index (χ4n) is 4.22. The maximum Gasteiger partial charge on any atom is 0.247 e. The summed E-state index contributed by atoms with van der Waals surface area (Å²) in [6.07, 6.45) is 0. The Balaban J connectivity index is 1.35. The number of benzene rings is 3. The molecule has 0 aliphatic carbocycles. The van der Waals surface area contributed by atoms with Crippen molar-refractivity contribution in [1.82, 2.24) is 20.0 Å². The second-order valence-corrected chi connectivity index (χ2v) is 8.50. The predicted molar refractivity (Wildman–Crippen MR) is 126 cm³/mol. The minimum absolute atomic E-state index is 0.0661. The van der Waals surface area contributed by atoms with Gasteiger partial charge in [-0.1, -0.05) is 72.3 Å². The van der Waals surface area contributed by atoms with Gasteiger partial charge in [0.05, 0.1) is 0 Å². The van der Waals surface area contributed by atoms with Crippen LogP contribution in [0, 0.1) is 0 Å². The Morgan fingerprint density at radius 2 is 1.44 bits per heavy atom. The second kappa shape index (κ2) is 9.65. The van der Waals surface area contributed by atoms with E-state index in [0.717, 1.165) is 43.9 Å². The van der Waals surface area contributed by atoms with Crippen molar-refractivity contribution >= 4 is 11.6 Å². The summed E-state index contributed by atoms with van der Waals surface area (Å²) < 4.78 is 6.18. The third-order valence-electron chi connectivity index (χ3n) is 5.90. The molecule has 0 unspecified atom stereocenters. The van der Waals surface area contributed by atoms with Crippen LogP contribution in [0.15, 0.2) is 89.3 Å². The summed E-state index contributed by atoms with van der Waals surface area (Å²) in [5, 5.41) is 9.46. The number of hydrogen-bond acceptors (Lipinski definition) is 5. The molecule has 6 heteroatoms. The van der Waals surface area contributed by atoms with Gasteiger partial charge in [-0.25, -0.2) is 0 Å². The Labute approximate surface area is 193 Å². The average molecular weight is 445 g/mol. The molecule has 4 aromatic rings. The van der Waals surface area contributed by atoms with E-state index in [1.165, 1.54) is 5.56 Å². The highest BCUT2D eigenvalue weighted by molar-refractivity contribution is 6.30. The first kappa shape index (κ1) is 20.9. The lowest BCUT2D eigenvalue weighted by Gasteiger charge is -2.38. The number of rotatable bonds is 6. The summed E-state index contributed by atoms with van der Waals surface area (Å²) in [6.45, 7) is 4.84. The Morgan fingerprint density at radius 3 is 2.12 bits per heavy atom. The maximum absolute atomic E-state index is 6.18. The third kappa shape index (κ3) is 4.75. The van der Waals surface area contributed by atoms with Crippen LogP contribution < -0.4 is 0 Å². The highest BCUT2D eigenvalue weighted by Gasteiger charge is 2.30. The van der Waals surface area contributed by atoms with Gasteiger partial charge in [-0.05, 0) is 35.4 Å². The zero-order valence-electron chi connectivity index (χ0n) is 17.8. The van der Waals surface area contributed by atoms with Gasteiger partial charge >= 0.3 is 0 Å². The number of nitrogens with zero attached hydrogens (tertiary/aromatic N) is 4. The lowest BCUT2D eigenvalue weighted by Crippen LogP contribution is -2.47. The quantitative estimate of drug-likeness (QED) is 0.404. The van der Waals surface area contributed by atoms with Crippen LogP contribution in [0.1, 0.15) is 23.1 Å². The molecule has 1 atom stereocenters. The lowest BCUT2D eigenvalue weighted by atomic mass is 10.0. The van der Waals surface area contributed by atoms with Gasteiger partial charge in [-0.15, -0.1) is 10.2 Å². The summed E-state index contributed by atoms with van der Waals surface area (Å²) in [6, 6.07) is 28.5. The molecule has 5 rings (SSSR count). The SMILES string of the molecule is Clc1ccc(-c2nnc([C@H](c3ccccc3)N3CCN(Cc4ccccc4)CC3)o2)cc1. The van der Waals surface area contributed by atoms with Gasteiger partial charge in [0, 0.05) is 43.3 Å². The van der Waals surface area contributed by atoms with E-state index in [1.807, 2.05) is 30.3 Å². The number of piperazine rings is 1. The highest BCUT2D eigenvalue weighted by atomic mass is 35.5. The Bertz CT molecular complexity index is 1120. The minimum atomic E-state index is -0.0661. The van der Waals surface area contributed by atoms with Crippen LogP contribution in [-0.2, 0) is 6.54 Å². The largest absolute Gasteiger partial charge is 0.419 e. The topological polar surface area (TPSA) is 45.4 Å². The van der Waals surface area contributed by atoms with Gasteiger partial charge in [0.2, 0.25) is 11.8 Å². The van der Waals surface area contributed by atoms with Gasteiger partial charge in [0.25, 0.3) is 0 Å². The molecule has 1 aliphatic heterocycles. The standard InChI is InChI=1S/C26H25ClN4O/c27-23-13-11-22(12-14-23)25-28-29-26(32-25)24(21-9-5-2-6-10-21)31-17-15-30(16-18-31)19-20-7-3-1-4-8-20/h1-14,24H,15-19H2/t24-/m0/s1. The highest BCUT2D eigenvalue weighted by Crippen LogP contribution is 2.31. The van der Waals surface area contributed by atoms with Crippen LogP contribution in [-0.4, -0.2) is 46.2 Å². The van der Waals surface area contributed by atoms with E-state index in [1.54, 1.807) is 0 Å². The normalized spacial score (nSPS) is 16.2. The lowest BCUT2D eigenvalue weighted by molar-refractivity contribution is 0.0952. The fourth-order valence-corrected chi connectivity index (χ4v) is 4.35. The zero-order chi connectivity index (χ0) is 21.8. The molecule has 1 saturated heterocycles. The van der Waals surface area contributed by atoms with Gasteiger partial charge < -0.3 is 4.42 Å². The average Bonchev–Trinajstić information content (AvgIpc) is 3.32. The van der Waals surface area contributed by atoms with Crippen molar-refractivity contribution in [2.45, 2.75) is 12.6 Å². The summed E-state index contributed by atoms with van der Waals surface area (Å²) in [5.41, 5.74) is 3.38. The van der Waals surface area contributed by atoms with Crippen LogP contribution in [0.5, 0.6) is 0 Å². The summed E-state index contributed by atoms with van der Waals surface area (Å²) in [7, 11) is 0. The van der Waals surface area contributed by atoms with Crippen molar-refractivity contribution in [3.8, 4) is 11.5 Å². The summed E-state index contributed by atoms with van der Waals surface area (Å²) in [5.74, 6) is 1.14. The molecule has 0 radical (unpaired) electrons. The smallest absolute Gasteiger partial charge is 0.247 e. The molecule has 32 heavy (non-hydrogen) atoms. The van der Waals surface area contributed by atoms with Crippen molar-refractivity contribution in [3.05, 3.63) is 107 Å². The first-order chi connectivity index (χ1) is 15.8. The molecule has 2 heterocycles. The molecule has 0 N–H and O–H groups in total. The van der Waals surface area contributed by atoms with Crippen molar-refractivity contribution in [2.75, 3.05) is 26.2 Å². The minimum Gasteiger partial charge on any atom is -0.419 e. The monoisotopic (exact) mass is 444 g/mol. The first-order valence-corrected chi connectivity index (χ1v) is 11.3. The van der Waals surface area contributed by atoms with Crippen LogP contribution >= 0.6 is 11.6 Å². The third-order valence-corrected chi connectivity index (χ3v) is 6.15. The molecule has 0 bridgehead atoms. The Hall–Kier alpha value is -2.99. The predicted octanol–water partition coefficient (Wildman–Crippen LogP) is 5.30. The van der Waals surface area contributed by atoms with Crippen molar-refractivity contribution in [3.63, 3.8) is 0 Å². The van der Waals surface area contributed by atoms with E-state index in [9.17, 15) is 0 Å². The molecule has 3 aromatic carbocycles. The van der Waals surface area contributed by atoms with Crippen molar-refractivity contribution < 1.29 is 4.42 Å². The van der Waals surface area contributed by atoms with Crippen LogP contribution in [0.4, 0.5) is 0 Å². The van der Waals surface area contributed by atoms with E-state index in [2.05, 4.69) is 74.6 Å². The second-order valence-electron chi connectivity index (χ2n) is 8.06. The van der Waals surface area contributed by atoms with Crippen molar-refractivity contribution in [2.24, 2.45) is 0 Å². The van der Waals surface area contributed by atoms with E-state index >= 15 is 0 Å². The molecule has 1 fully saturated rings. The van der Waals surface area contributed by atoms with Crippen LogP contribution in [0.3, 0.4) is 0 Å². The number of hydrogen-bond donors (Lipinski definition) is 0. The Morgan fingerprint density at radius 1 is 0.781 bits per heavy atom. The van der Waals surface area contributed by atoms with Crippen LogP contribution in [0.2, 0.25) is 5.02 Å². The molecular weight excluding hydrogens is 420 g/mol. The number of halogens is 1. The van der Waals surface area contributed by atoms with E-state index < -0.39 is 0 Å². The molecule has 162 valence electrons. The fraction of sp³-hybridized carbons (Fsp3) is 0.231. The molecule has 0 saturated carbocycles. The van der Waals surface area contributed by atoms with Crippen molar-refractivity contribution in [1.29, 1.82) is 0 Å². The number of aromatic nitrogens is 2. The molecule has 0 spiro atoms. The molecule has 5 nitrogen and oxygen atoms in total. The molecule has 1 aromatic heterocycles. The van der Waals surface area contributed by atoms with E-state index in [4.69, 9.17) is 16.0 Å². The van der Waals surface area contributed by atoms with Gasteiger partial charge in [-0.2, -0.15) is 0 Å². The van der Waals surface area contributed by atoms with Gasteiger partial charge in [0.15, 0.2) is 0 Å².